The average Bonchev–Trinajstić information content (AvgIpc) is 2.85. The number of aromatic nitrogens is 2. The molecule has 0 bridgehead atoms. The summed E-state index contributed by atoms with van der Waals surface area (Å²) in [5.41, 5.74) is 0.390. The molecule has 1 N–H and O–H groups in total. The van der Waals surface area contributed by atoms with Crippen molar-refractivity contribution in [3.63, 3.8) is 0 Å². The fourth-order valence-corrected chi connectivity index (χ4v) is 2.82. The van der Waals surface area contributed by atoms with Crippen molar-refractivity contribution in [2.24, 2.45) is 7.05 Å². The van der Waals surface area contributed by atoms with E-state index >= 15 is 0 Å². The highest BCUT2D eigenvalue weighted by Gasteiger charge is 2.21. The van der Waals surface area contributed by atoms with Gasteiger partial charge in [-0.25, -0.2) is 18.6 Å². The van der Waals surface area contributed by atoms with Crippen molar-refractivity contribution in [1.82, 2.24) is 9.55 Å². The van der Waals surface area contributed by atoms with Crippen LogP contribution < -0.4 is 0 Å². The number of hydrogen-bond donors (Lipinski definition) is 1. The third-order valence-electron chi connectivity index (χ3n) is 3.67. The molecule has 4 nitrogen and oxygen atoms in total. The highest BCUT2D eigenvalue weighted by atomic mass is 79.9. The zero-order valence-electron chi connectivity index (χ0n) is 12.0. The molecule has 0 amide bonds. The standard InChI is InChI=1S/C16H11BrF2N2O2/c1-21-7-20-15-13(21)6-11(16(22)23)10(14(15)19)4-8-2-3-9(17)5-12(8)18/h2-3,5-7H,4H2,1H3,(H,22,23). The Labute approximate surface area is 138 Å². The van der Waals surface area contributed by atoms with Gasteiger partial charge in [-0.05, 0) is 23.8 Å². The van der Waals surface area contributed by atoms with E-state index in [1.54, 1.807) is 13.1 Å². The van der Waals surface area contributed by atoms with Crippen LogP contribution in [0.25, 0.3) is 11.0 Å². The summed E-state index contributed by atoms with van der Waals surface area (Å²) < 4.78 is 30.8. The van der Waals surface area contributed by atoms with Crippen LogP contribution in [0, 0.1) is 11.6 Å². The van der Waals surface area contributed by atoms with Crippen molar-refractivity contribution >= 4 is 32.9 Å². The molecule has 0 unspecified atom stereocenters. The van der Waals surface area contributed by atoms with Gasteiger partial charge < -0.3 is 9.67 Å². The van der Waals surface area contributed by atoms with Crippen LogP contribution >= 0.6 is 15.9 Å². The van der Waals surface area contributed by atoms with Gasteiger partial charge in [0.2, 0.25) is 0 Å². The lowest BCUT2D eigenvalue weighted by molar-refractivity contribution is 0.0695. The molecule has 0 aliphatic carbocycles. The zero-order chi connectivity index (χ0) is 16.7. The zero-order valence-corrected chi connectivity index (χ0v) is 13.6. The van der Waals surface area contributed by atoms with E-state index in [9.17, 15) is 18.7 Å². The van der Waals surface area contributed by atoms with Crippen molar-refractivity contribution < 1.29 is 18.7 Å². The SMILES string of the molecule is Cn1cnc2c(F)c(Cc3ccc(Br)cc3F)c(C(=O)O)cc21. The van der Waals surface area contributed by atoms with Crippen molar-refractivity contribution in [3.8, 4) is 0 Å². The monoisotopic (exact) mass is 380 g/mol. The molecule has 3 aromatic rings. The second kappa shape index (κ2) is 5.73. The molecule has 1 heterocycles. The topological polar surface area (TPSA) is 55.1 Å². The Balaban J connectivity index is 2.21. The van der Waals surface area contributed by atoms with Gasteiger partial charge in [0.25, 0.3) is 0 Å². The first-order valence-corrected chi connectivity index (χ1v) is 7.47. The summed E-state index contributed by atoms with van der Waals surface area (Å²) in [5.74, 6) is -2.53. The lowest BCUT2D eigenvalue weighted by Gasteiger charge is -2.10. The third-order valence-corrected chi connectivity index (χ3v) is 4.17. The van der Waals surface area contributed by atoms with E-state index < -0.39 is 17.6 Å². The van der Waals surface area contributed by atoms with Gasteiger partial charge in [-0.15, -0.1) is 0 Å². The average molecular weight is 381 g/mol. The van der Waals surface area contributed by atoms with Crippen molar-refractivity contribution in [1.29, 1.82) is 0 Å². The first-order chi connectivity index (χ1) is 10.9. The molecule has 0 saturated heterocycles. The number of benzene rings is 2. The van der Waals surface area contributed by atoms with Crippen LogP contribution in [0.5, 0.6) is 0 Å². The number of fused-ring (bicyclic) bond motifs is 1. The molecule has 2 aromatic carbocycles. The Morgan fingerprint density at radius 3 is 2.74 bits per heavy atom. The molecule has 0 aliphatic rings. The van der Waals surface area contributed by atoms with E-state index in [1.807, 2.05) is 0 Å². The van der Waals surface area contributed by atoms with Crippen molar-refractivity contribution in [2.45, 2.75) is 6.42 Å². The Morgan fingerprint density at radius 2 is 2.09 bits per heavy atom. The van der Waals surface area contributed by atoms with Crippen LogP contribution in [-0.2, 0) is 13.5 Å². The van der Waals surface area contributed by atoms with E-state index in [2.05, 4.69) is 20.9 Å². The number of carboxylic acids is 1. The minimum atomic E-state index is -1.26. The van der Waals surface area contributed by atoms with Crippen LogP contribution in [0.15, 0.2) is 35.1 Å². The first kappa shape index (κ1) is 15.6. The normalized spacial score (nSPS) is 11.1. The van der Waals surface area contributed by atoms with Gasteiger partial charge in [-0.1, -0.05) is 22.0 Å². The lowest BCUT2D eigenvalue weighted by Crippen LogP contribution is -2.08. The van der Waals surface area contributed by atoms with E-state index in [-0.39, 0.29) is 28.6 Å². The maximum atomic E-state index is 14.7. The maximum Gasteiger partial charge on any atom is 0.336 e. The molecule has 23 heavy (non-hydrogen) atoms. The number of aryl methyl sites for hydroxylation is 1. The molecule has 0 radical (unpaired) electrons. The second-order valence-corrected chi connectivity index (χ2v) is 6.07. The summed E-state index contributed by atoms with van der Waals surface area (Å²) in [7, 11) is 1.65. The molecule has 118 valence electrons. The Hall–Kier alpha value is -2.28. The van der Waals surface area contributed by atoms with Gasteiger partial charge in [0.1, 0.15) is 11.3 Å². The lowest BCUT2D eigenvalue weighted by atomic mass is 9.97. The van der Waals surface area contributed by atoms with Crippen LogP contribution in [-0.4, -0.2) is 20.6 Å². The molecule has 7 heteroatoms. The number of carbonyl (C=O) groups is 1. The molecule has 0 spiro atoms. The summed E-state index contributed by atoms with van der Waals surface area (Å²) >= 11 is 3.15. The van der Waals surface area contributed by atoms with Crippen LogP contribution in [0.3, 0.4) is 0 Å². The summed E-state index contributed by atoms with van der Waals surface area (Å²) in [4.78, 5) is 15.4. The van der Waals surface area contributed by atoms with Crippen molar-refractivity contribution in [2.75, 3.05) is 0 Å². The van der Waals surface area contributed by atoms with Gasteiger partial charge in [-0.3, -0.25) is 0 Å². The smallest absolute Gasteiger partial charge is 0.336 e. The predicted octanol–water partition coefficient (Wildman–Crippen LogP) is 3.90. The largest absolute Gasteiger partial charge is 0.478 e. The molecule has 0 aliphatic heterocycles. The van der Waals surface area contributed by atoms with Crippen molar-refractivity contribution in [3.05, 3.63) is 63.4 Å². The van der Waals surface area contributed by atoms with Gasteiger partial charge in [0, 0.05) is 23.5 Å². The van der Waals surface area contributed by atoms with Crippen LogP contribution in [0.2, 0.25) is 0 Å². The molecule has 0 saturated carbocycles. The molecular formula is C16H11BrF2N2O2. The summed E-state index contributed by atoms with van der Waals surface area (Å²) in [6.07, 6.45) is 1.24. The van der Waals surface area contributed by atoms with Crippen LogP contribution in [0.4, 0.5) is 8.78 Å². The number of hydrogen-bond acceptors (Lipinski definition) is 2. The molecular weight excluding hydrogens is 370 g/mol. The summed E-state index contributed by atoms with van der Waals surface area (Å²) in [5, 5.41) is 9.37. The van der Waals surface area contributed by atoms with Crippen LogP contribution in [0.1, 0.15) is 21.5 Å². The number of nitrogens with zero attached hydrogens (tertiary/aromatic N) is 2. The maximum absolute atomic E-state index is 14.7. The molecule has 0 fully saturated rings. The minimum absolute atomic E-state index is 0.0741. The second-order valence-electron chi connectivity index (χ2n) is 5.16. The molecule has 3 rings (SSSR count). The fourth-order valence-electron chi connectivity index (χ4n) is 2.48. The molecule has 1 aromatic heterocycles. The molecule has 0 atom stereocenters. The highest BCUT2D eigenvalue weighted by Crippen LogP contribution is 2.27. The van der Waals surface area contributed by atoms with Gasteiger partial charge >= 0.3 is 5.97 Å². The van der Waals surface area contributed by atoms with E-state index in [1.165, 1.54) is 29.1 Å². The van der Waals surface area contributed by atoms with E-state index in [0.717, 1.165) is 0 Å². The minimum Gasteiger partial charge on any atom is -0.478 e. The van der Waals surface area contributed by atoms with Gasteiger partial charge in [0.15, 0.2) is 5.82 Å². The summed E-state index contributed by atoms with van der Waals surface area (Å²) in [6.45, 7) is 0. The first-order valence-electron chi connectivity index (χ1n) is 6.68. The Bertz CT molecular complexity index is 937. The fraction of sp³-hybridized carbons (Fsp3) is 0.125. The Kier molecular flexibility index (Phi) is 3.89. The number of aromatic carboxylic acids is 1. The number of imidazole rings is 1. The number of rotatable bonds is 3. The van der Waals surface area contributed by atoms with Gasteiger partial charge in [0.05, 0.1) is 17.4 Å². The predicted molar refractivity (Wildman–Crippen MR) is 84.5 cm³/mol. The Morgan fingerprint density at radius 1 is 1.35 bits per heavy atom. The van der Waals surface area contributed by atoms with E-state index in [4.69, 9.17) is 0 Å². The van der Waals surface area contributed by atoms with Gasteiger partial charge in [-0.2, -0.15) is 0 Å². The quantitative estimate of drug-likeness (QED) is 0.749. The third kappa shape index (κ3) is 2.72. The highest BCUT2D eigenvalue weighted by molar-refractivity contribution is 9.10. The van der Waals surface area contributed by atoms with E-state index in [0.29, 0.717) is 9.99 Å². The number of carboxylic acid groups (broad SMARTS) is 1. The summed E-state index contributed by atoms with van der Waals surface area (Å²) in [6, 6.07) is 5.73. The number of halogens is 3.